The van der Waals surface area contributed by atoms with Crippen LogP contribution in [-0.2, 0) is 0 Å². The lowest BCUT2D eigenvalue weighted by Crippen LogP contribution is -2.17. The van der Waals surface area contributed by atoms with Gasteiger partial charge in [-0.25, -0.2) is 9.97 Å². The van der Waals surface area contributed by atoms with Crippen LogP contribution >= 0.6 is 11.3 Å². The monoisotopic (exact) mass is 222 g/mol. The van der Waals surface area contributed by atoms with Crippen LogP contribution in [0.25, 0.3) is 0 Å². The Hall–Kier alpha value is -2.02. The van der Waals surface area contributed by atoms with Crippen LogP contribution in [0.2, 0.25) is 0 Å². The molecule has 0 aliphatic carbocycles. The van der Waals surface area contributed by atoms with Crippen LogP contribution < -0.4 is 10.9 Å². The van der Waals surface area contributed by atoms with E-state index < -0.39 is 0 Å². The number of amides is 1. The molecule has 2 N–H and O–H groups in total. The van der Waals surface area contributed by atoms with Gasteiger partial charge >= 0.3 is 0 Å². The summed E-state index contributed by atoms with van der Waals surface area (Å²) in [6, 6.07) is 1.26. The molecule has 2 aromatic rings. The van der Waals surface area contributed by atoms with Gasteiger partial charge in [-0.2, -0.15) is 0 Å². The number of aromatic nitrogens is 3. The molecule has 2 heterocycles. The molecule has 0 bridgehead atoms. The quantitative estimate of drug-likeness (QED) is 0.773. The third-order valence-corrected chi connectivity index (χ3v) is 2.30. The summed E-state index contributed by atoms with van der Waals surface area (Å²) in [7, 11) is 0. The first kappa shape index (κ1) is 9.53. The van der Waals surface area contributed by atoms with Crippen molar-refractivity contribution in [2.24, 2.45) is 0 Å². The fourth-order valence-electron chi connectivity index (χ4n) is 0.930. The molecule has 7 heteroatoms. The van der Waals surface area contributed by atoms with Gasteiger partial charge in [-0.15, -0.1) is 11.3 Å². The van der Waals surface area contributed by atoms with Gasteiger partial charge in [0.2, 0.25) is 5.95 Å². The second-order valence-electron chi connectivity index (χ2n) is 2.57. The molecule has 0 spiro atoms. The van der Waals surface area contributed by atoms with Crippen molar-refractivity contribution in [3.8, 4) is 0 Å². The highest BCUT2D eigenvalue weighted by molar-refractivity contribution is 7.11. The Morgan fingerprint density at radius 3 is 2.93 bits per heavy atom. The normalized spacial score (nSPS) is 9.87. The SMILES string of the molecule is O=C(Nc1nccc(=O)[nH]1)c1nccs1. The van der Waals surface area contributed by atoms with Crippen LogP contribution in [0.1, 0.15) is 9.80 Å². The Kier molecular flexibility index (Phi) is 2.55. The van der Waals surface area contributed by atoms with Crippen molar-refractivity contribution in [3.05, 3.63) is 39.2 Å². The molecule has 0 aliphatic rings. The van der Waals surface area contributed by atoms with Gasteiger partial charge in [0.15, 0.2) is 5.01 Å². The second-order valence-corrected chi connectivity index (χ2v) is 3.47. The van der Waals surface area contributed by atoms with E-state index in [1.54, 1.807) is 5.38 Å². The van der Waals surface area contributed by atoms with E-state index in [-0.39, 0.29) is 17.4 Å². The first-order chi connectivity index (χ1) is 7.25. The van der Waals surface area contributed by atoms with Crippen molar-refractivity contribution in [2.75, 3.05) is 5.32 Å². The fourth-order valence-corrected chi connectivity index (χ4v) is 1.46. The molecule has 1 amide bonds. The number of hydrogen-bond acceptors (Lipinski definition) is 5. The molecule has 0 unspecified atom stereocenters. The number of carbonyl (C=O) groups is 1. The smallest absolute Gasteiger partial charge is 0.286 e. The van der Waals surface area contributed by atoms with Gasteiger partial charge in [-0.1, -0.05) is 0 Å². The minimum Gasteiger partial charge on any atom is -0.292 e. The van der Waals surface area contributed by atoms with Gasteiger partial charge in [0.05, 0.1) is 0 Å². The fraction of sp³-hybridized carbons (Fsp3) is 0. The maximum Gasteiger partial charge on any atom is 0.286 e. The summed E-state index contributed by atoms with van der Waals surface area (Å²) in [5, 5.41) is 4.44. The molecule has 76 valence electrons. The summed E-state index contributed by atoms with van der Waals surface area (Å²) in [6.07, 6.45) is 2.84. The van der Waals surface area contributed by atoms with Crippen molar-refractivity contribution < 1.29 is 4.79 Å². The van der Waals surface area contributed by atoms with E-state index in [1.165, 1.54) is 29.8 Å². The zero-order chi connectivity index (χ0) is 10.7. The minimum absolute atomic E-state index is 0.114. The minimum atomic E-state index is -0.389. The second kappa shape index (κ2) is 4.01. The van der Waals surface area contributed by atoms with E-state index >= 15 is 0 Å². The highest BCUT2D eigenvalue weighted by Crippen LogP contribution is 2.05. The Morgan fingerprint density at radius 1 is 1.40 bits per heavy atom. The van der Waals surface area contributed by atoms with Gasteiger partial charge in [0, 0.05) is 23.8 Å². The molecule has 0 saturated carbocycles. The number of thiazole rings is 1. The average molecular weight is 222 g/mol. The van der Waals surface area contributed by atoms with Gasteiger partial charge in [0.25, 0.3) is 11.5 Å². The molecule has 2 aromatic heterocycles. The molecule has 0 radical (unpaired) electrons. The number of anilines is 1. The van der Waals surface area contributed by atoms with E-state index in [0.717, 1.165) is 0 Å². The summed E-state index contributed by atoms with van der Waals surface area (Å²) in [6.45, 7) is 0. The highest BCUT2D eigenvalue weighted by Gasteiger charge is 2.08. The number of hydrogen-bond donors (Lipinski definition) is 2. The van der Waals surface area contributed by atoms with Crippen LogP contribution in [-0.4, -0.2) is 20.9 Å². The van der Waals surface area contributed by atoms with Crippen LogP contribution in [0, 0.1) is 0 Å². The van der Waals surface area contributed by atoms with Crippen molar-refractivity contribution in [2.45, 2.75) is 0 Å². The number of carbonyl (C=O) groups excluding carboxylic acids is 1. The van der Waals surface area contributed by atoms with Crippen molar-refractivity contribution in [3.63, 3.8) is 0 Å². The Bertz CT molecular complexity index is 519. The molecular weight excluding hydrogens is 216 g/mol. The van der Waals surface area contributed by atoms with Crippen LogP contribution in [0.3, 0.4) is 0 Å². The maximum absolute atomic E-state index is 11.5. The highest BCUT2D eigenvalue weighted by atomic mass is 32.1. The third-order valence-electron chi connectivity index (χ3n) is 1.53. The van der Waals surface area contributed by atoms with Gasteiger partial charge in [-0.3, -0.25) is 19.9 Å². The maximum atomic E-state index is 11.5. The topological polar surface area (TPSA) is 87.7 Å². The number of rotatable bonds is 2. The van der Waals surface area contributed by atoms with Crippen LogP contribution in [0.5, 0.6) is 0 Å². The Labute approximate surface area is 88.0 Å². The molecule has 2 rings (SSSR count). The molecule has 0 aliphatic heterocycles. The van der Waals surface area contributed by atoms with Crippen LogP contribution in [0.15, 0.2) is 28.6 Å². The first-order valence-corrected chi connectivity index (χ1v) is 4.90. The first-order valence-electron chi connectivity index (χ1n) is 4.02. The summed E-state index contributed by atoms with van der Waals surface area (Å²) in [5.41, 5.74) is -0.320. The average Bonchev–Trinajstić information content (AvgIpc) is 2.70. The van der Waals surface area contributed by atoms with E-state index in [1.807, 2.05) is 0 Å². The lowest BCUT2D eigenvalue weighted by molar-refractivity contribution is 0.102. The summed E-state index contributed by atoms with van der Waals surface area (Å²) in [4.78, 5) is 32.3. The number of H-pyrrole nitrogens is 1. The third kappa shape index (κ3) is 2.26. The van der Waals surface area contributed by atoms with E-state index in [9.17, 15) is 9.59 Å². The zero-order valence-corrected chi connectivity index (χ0v) is 8.25. The van der Waals surface area contributed by atoms with Gasteiger partial charge in [0.1, 0.15) is 0 Å². The largest absolute Gasteiger partial charge is 0.292 e. The zero-order valence-electron chi connectivity index (χ0n) is 7.43. The molecule has 0 aromatic carbocycles. The summed E-state index contributed by atoms with van der Waals surface area (Å²) < 4.78 is 0. The van der Waals surface area contributed by atoms with Crippen molar-refractivity contribution in [1.29, 1.82) is 0 Å². The number of aromatic amines is 1. The molecule has 0 atom stereocenters. The lowest BCUT2D eigenvalue weighted by atomic mass is 10.6. The Morgan fingerprint density at radius 2 is 2.27 bits per heavy atom. The van der Waals surface area contributed by atoms with Gasteiger partial charge in [-0.05, 0) is 0 Å². The molecule has 6 nitrogen and oxygen atoms in total. The van der Waals surface area contributed by atoms with E-state index in [4.69, 9.17) is 0 Å². The molecular formula is C8H6N4O2S. The standard InChI is InChI=1S/C8H6N4O2S/c13-5-1-2-10-8(11-5)12-6(14)7-9-3-4-15-7/h1-4H,(H2,10,11,12,13,14). The van der Waals surface area contributed by atoms with E-state index in [0.29, 0.717) is 5.01 Å². The lowest BCUT2D eigenvalue weighted by Gasteiger charge is -1.99. The molecule has 0 saturated heterocycles. The number of nitrogens with zero attached hydrogens (tertiary/aromatic N) is 2. The predicted octanol–water partition coefficient (Wildman–Crippen LogP) is 0.479. The predicted molar refractivity (Wildman–Crippen MR) is 54.9 cm³/mol. The molecule has 0 fully saturated rings. The van der Waals surface area contributed by atoms with Crippen LogP contribution in [0.4, 0.5) is 5.95 Å². The summed E-state index contributed by atoms with van der Waals surface area (Å²) >= 11 is 1.21. The van der Waals surface area contributed by atoms with E-state index in [2.05, 4.69) is 20.3 Å². The summed E-state index contributed by atoms with van der Waals surface area (Å²) in [5.74, 6) is -0.276. The van der Waals surface area contributed by atoms with Gasteiger partial charge < -0.3 is 0 Å². The Balaban J connectivity index is 2.16. The van der Waals surface area contributed by atoms with Crippen molar-refractivity contribution >= 4 is 23.2 Å². The molecule has 15 heavy (non-hydrogen) atoms. The van der Waals surface area contributed by atoms with Crippen molar-refractivity contribution in [1.82, 2.24) is 15.0 Å². The number of nitrogens with one attached hydrogen (secondary N) is 2.